The summed E-state index contributed by atoms with van der Waals surface area (Å²) in [5, 5.41) is 84.5. The lowest BCUT2D eigenvalue weighted by molar-refractivity contribution is -0.191. The number of hydrogen-bond donors (Lipinski definition) is 10. The summed E-state index contributed by atoms with van der Waals surface area (Å²) in [4.78, 5) is 35.8. The molecule has 68 heavy (non-hydrogen) atoms. The lowest BCUT2D eigenvalue weighted by Gasteiger charge is -2.61. The summed E-state index contributed by atoms with van der Waals surface area (Å²) in [6, 6.07) is 1.92. The van der Waals surface area contributed by atoms with Gasteiger partial charge in [0, 0.05) is 67.2 Å². The van der Waals surface area contributed by atoms with Crippen LogP contribution in [0.4, 0.5) is 0 Å². The number of aliphatic hydroxyl groups is 7. The summed E-state index contributed by atoms with van der Waals surface area (Å²) in [7, 11) is 0. The number of allylic oxidation sites excluding steroid dienone is 3. The van der Waals surface area contributed by atoms with Gasteiger partial charge in [0.05, 0.1) is 42.0 Å². The van der Waals surface area contributed by atoms with E-state index in [9.17, 15) is 45.3 Å². The van der Waals surface area contributed by atoms with E-state index in [2.05, 4.69) is 34.8 Å². The first kappa shape index (κ1) is 49.4. The molecule has 1 aromatic heterocycles. The topological polar surface area (TPSA) is 265 Å². The number of nitrogens with zero attached hydrogens (tertiary/aromatic N) is 1. The van der Waals surface area contributed by atoms with E-state index in [-0.39, 0.29) is 112 Å². The minimum absolute atomic E-state index is 0.0664. The number of rotatable bonds is 9. The van der Waals surface area contributed by atoms with Crippen LogP contribution in [0.5, 0.6) is 0 Å². The number of nitrogens with one attached hydrogen (secondary N) is 1. The van der Waals surface area contributed by atoms with Gasteiger partial charge in [0.15, 0.2) is 11.7 Å². The van der Waals surface area contributed by atoms with Crippen LogP contribution in [0.1, 0.15) is 122 Å². The van der Waals surface area contributed by atoms with E-state index in [1.54, 1.807) is 13.0 Å². The average molecular weight is 943 g/mol. The zero-order valence-corrected chi connectivity index (χ0v) is 40.3. The first-order valence-electron chi connectivity index (χ1n) is 25.9. The van der Waals surface area contributed by atoms with Crippen molar-refractivity contribution in [1.82, 2.24) is 4.98 Å². The summed E-state index contributed by atoms with van der Waals surface area (Å²) in [5.74, 6) is 3.24. The summed E-state index contributed by atoms with van der Waals surface area (Å²) in [6.07, 6.45) is 10.9. The molecule has 1 aliphatic heterocycles. The number of H-pyrrole nitrogens is 1. The van der Waals surface area contributed by atoms with E-state index in [4.69, 9.17) is 16.2 Å². The normalized spacial score (nSPS) is 46.7. The number of aliphatic imine (C=N–C) groups is 1. The molecule has 4 saturated carbocycles. The van der Waals surface area contributed by atoms with Crippen LogP contribution in [0.25, 0.3) is 0 Å². The number of ketones is 1. The second kappa shape index (κ2) is 18.9. The van der Waals surface area contributed by atoms with Crippen molar-refractivity contribution in [2.24, 2.45) is 98.3 Å². The van der Waals surface area contributed by atoms with E-state index in [0.717, 1.165) is 24.8 Å². The van der Waals surface area contributed by atoms with Gasteiger partial charge in [-0.05, 0) is 167 Å². The van der Waals surface area contributed by atoms with Gasteiger partial charge in [0.1, 0.15) is 0 Å². The number of nitrogens with two attached hydrogens (primary N) is 2. The van der Waals surface area contributed by atoms with E-state index in [0.29, 0.717) is 50.0 Å². The number of hydrogen-bond acceptors (Lipinski definition) is 11. The van der Waals surface area contributed by atoms with Crippen LogP contribution < -0.4 is 11.5 Å². The number of carbonyl (C=O) groups is 2. The van der Waals surface area contributed by atoms with E-state index < -0.39 is 75.9 Å². The highest BCUT2D eigenvalue weighted by Gasteiger charge is 2.74. The van der Waals surface area contributed by atoms with Crippen molar-refractivity contribution in [3.63, 3.8) is 0 Å². The largest absolute Gasteiger partial charge is 0.465 e. The van der Waals surface area contributed by atoms with Crippen LogP contribution in [-0.4, -0.2) is 114 Å². The molecule has 0 aromatic carbocycles. The predicted molar refractivity (Wildman–Crippen MR) is 255 cm³/mol. The number of carbonyl (C=O) groups excluding carboxylic acids is 2. The van der Waals surface area contributed by atoms with Crippen molar-refractivity contribution in [3.8, 4) is 11.8 Å². The summed E-state index contributed by atoms with van der Waals surface area (Å²) in [6.45, 7) is 5.93. The molecule has 0 bridgehead atoms. The summed E-state index contributed by atoms with van der Waals surface area (Å²) < 4.78 is 5.92. The molecule has 7 aliphatic carbocycles. The van der Waals surface area contributed by atoms with Gasteiger partial charge < -0.3 is 56.9 Å². The van der Waals surface area contributed by atoms with Crippen molar-refractivity contribution < 1.29 is 50.1 Å². The molecule has 0 spiro atoms. The molecule has 20 unspecified atom stereocenters. The second-order valence-corrected chi connectivity index (χ2v) is 23.4. The number of aromatic nitrogens is 1. The minimum atomic E-state index is -1.88. The third-order valence-electron chi connectivity index (χ3n) is 20.0. The summed E-state index contributed by atoms with van der Waals surface area (Å²) in [5.41, 5.74) is 9.13. The van der Waals surface area contributed by atoms with Gasteiger partial charge in [0.25, 0.3) is 0 Å². The lowest BCUT2D eigenvalue weighted by Crippen LogP contribution is -2.64. The highest BCUT2D eigenvalue weighted by Crippen LogP contribution is 2.72. The van der Waals surface area contributed by atoms with Crippen LogP contribution in [0, 0.1) is 93.7 Å². The van der Waals surface area contributed by atoms with Crippen molar-refractivity contribution in [1.29, 1.82) is 0 Å². The van der Waals surface area contributed by atoms with Gasteiger partial charge in [-0.1, -0.05) is 37.3 Å². The molecule has 5 fully saturated rings. The molecule has 1 aromatic rings. The second-order valence-electron chi connectivity index (χ2n) is 23.4. The Bertz CT molecular complexity index is 2190. The maximum atomic E-state index is 14.4. The fraction of sp³-hybridized carbons (Fsp3) is 0.759. The number of fused-ring (bicyclic) bond motifs is 10. The summed E-state index contributed by atoms with van der Waals surface area (Å²) >= 11 is 0. The molecule has 8 aliphatic rings. The van der Waals surface area contributed by atoms with Gasteiger partial charge in [-0.25, -0.2) is 0 Å². The van der Waals surface area contributed by atoms with E-state index >= 15 is 0 Å². The van der Waals surface area contributed by atoms with E-state index in [1.165, 1.54) is 5.57 Å². The van der Waals surface area contributed by atoms with Gasteiger partial charge in [-0.2, -0.15) is 0 Å². The molecule has 2 heterocycles. The number of esters is 1. The minimum Gasteiger partial charge on any atom is -0.465 e. The van der Waals surface area contributed by atoms with Crippen LogP contribution in [0.15, 0.2) is 46.8 Å². The van der Waals surface area contributed by atoms with Crippen LogP contribution in [-0.2, 0) is 14.3 Å². The van der Waals surface area contributed by atoms with Crippen molar-refractivity contribution in [2.45, 2.75) is 146 Å². The van der Waals surface area contributed by atoms with Gasteiger partial charge >= 0.3 is 5.97 Å². The van der Waals surface area contributed by atoms with Gasteiger partial charge in [0.2, 0.25) is 0 Å². The van der Waals surface area contributed by atoms with Crippen LogP contribution in [0.3, 0.4) is 0 Å². The third kappa shape index (κ3) is 8.21. The van der Waals surface area contributed by atoms with Crippen LogP contribution in [0.2, 0.25) is 0 Å². The molecule has 9 rings (SSSR count). The quantitative estimate of drug-likeness (QED) is 0.0557. The molecule has 14 heteroatoms. The Balaban J connectivity index is 1.24. The molecule has 14 nitrogen and oxygen atoms in total. The monoisotopic (exact) mass is 943 g/mol. The van der Waals surface area contributed by atoms with E-state index in [1.807, 2.05) is 25.4 Å². The first-order chi connectivity index (χ1) is 32.4. The Labute approximate surface area is 401 Å². The fourth-order valence-electron chi connectivity index (χ4n) is 16.7. The number of cyclic esters (lactones) is 1. The maximum absolute atomic E-state index is 14.4. The zero-order chi connectivity index (χ0) is 48.5. The standard InChI is InChI=1S/C54H78N4O10/c1-29-6-7-31-10-11-35-34(27-60)21-46(64)52(3,66)48-38(30(5-4-18-59)8-9-32(20-37(35)36(31)19-29)39-28-68-49(65)47(39)33-13-16-57-26-33)24-54(67)41-22-43(61)42-23-44(62)45(63)25-51(42,2)40(41)12-14-53(48,54)15-17-58-50(55)56/h10,13,16,22,26,29-30,32,34-40,42,44-48,57,59-60,62-64,66-67H,4-7,11-12,14-15,17-21,23-25,27-28H2,1-3H3,(H4,55,56,58). The van der Waals surface area contributed by atoms with Crippen molar-refractivity contribution >= 4 is 17.7 Å². The Kier molecular flexibility index (Phi) is 13.7. The number of aromatic amines is 1. The SMILES string of the molecule is CC1CCC2=CCC3C(CO)CC(O)C(C)(O)C4C(CC5(O)C6=CC(=O)C7CC(O)C(O)CC7(C)C6CCC45CCN=C(N)N)C(CCCO)C#CC(C4COC(=O)C4c4cc[nH]c4)CC3C2C1. The molecule has 374 valence electrons. The highest BCUT2D eigenvalue weighted by atomic mass is 16.5. The molecule has 20 atom stereocenters. The molecular weight excluding hydrogens is 865 g/mol. The fourth-order valence-corrected chi connectivity index (χ4v) is 16.7. The molecule has 12 N–H and O–H groups in total. The van der Waals surface area contributed by atoms with Crippen LogP contribution >= 0.6 is 0 Å². The molecule has 0 radical (unpaired) electrons. The average Bonchev–Trinajstić information content (AvgIpc) is 4.02. The smallest absolute Gasteiger partial charge is 0.313 e. The Hall–Kier alpha value is -3.55. The van der Waals surface area contributed by atoms with Crippen molar-refractivity contribution in [2.75, 3.05) is 26.4 Å². The third-order valence-corrected chi connectivity index (χ3v) is 20.0. The van der Waals surface area contributed by atoms with Crippen molar-refractivity contribution in [3.05, 3.63) is 47.3 Å². The Morgan fingerprint density at radius 1 is 0.956 bits per heavy atom. The lowest BCUT2D eigenvalue weighted by atomic mass is 9.44. The van der Waals surface area contributed by atoms with Gasteiger partial charge in [-0.3, -0.25) is 14.6 Å². The Morgan fingerprint density at radius 2 is 1.75 bits per heavy atom. The molecule has 0 amide bonds. The number of aliphatic hydroxyl groups excluding tert-OH is 5. The molecular formula is C54H78N4O10. The molecule has 1 saturated heterocycles. The Morgan fingerprint density at radius 3 is 2.47 bits per heavy atom. The maximum Gasteiger partial charge on any atom is 0.313 e. The predicted octanol–water partition coefficient (Wildman–Crippen LogP) is 3.87. The number of ether oxygens (including phenoxy) is 1. The number of guanidine groups is 1. The zero-order valence-electron chi connectivity index (χ0n) is 40.3. The first-order valence-corrected chi connectivity index (χ1v) is 25.9. The highest BCUT2D eigenvalue weighted by molar-refractivity contribution is 5.95. The van der Waals surface area contributed by atoms with Gasteiger partial charge in [-0.15, -0.1) is 0 Å².